The van der Waals surface area contributed by atoms with Crippen LogP contribution in [0.2, 0.25) is 0 Å². The largest absolute Gasteiger partial charge is 0.311 e. The molecule has 4 heteroatoms. The molecule has 0 aliphatic carbocycles. The summed E-state index contributed by atoms with van der Waals surface area (Å²) in [5, 5.41) is 3.34. The molecule has 4 nitrogen and oxygen atoms in total. The van der Waals surface area contributed by atoms with Crippen LogP contribution in [0.3, 0.4) is 0 Å². The van der Waals surface area contributed by atoms with E-state index in [4.69, 9.17) is 0 Å². The Kier molecular flexibility index (Phi) is 2.74. The number of hydrogen-bond donors (Lipinski definition) is 1. The summed E-state index contributed by atoms with van der Waals surface area (Å²) in [5.74, 6) is 0.765. The Labute approximate surface area is 83.0 Å². The monoisotopic (exact) mass is 190 g/mol. The first-order chi connectivity index (χ1) is 6.92. The van der Waals surface area contributed by atoms with E-state index in [9.17, 15) is 0 Å². The number of nitrogens with one attached hydrogen (secondary N) is 1. The lowest BCUT2D eigenvalue weighted by atomic mass is 10.4. The molecule has 0 aliphatic rings. The fourth-order valence-electron chi connectivity index (χ4n) is 1.40. The van der Waals surface area contributed by atoms with Gasteiger partial charge in [0.15, 0.2) is 0 Å². The van der Waals surface area contributed by atoms with Crippen molar-refractivity contribution in [1.82, 2.24) is 19.7 Å². The van der Waals surface area contributed by atoms with Crippen molar-refractivity contribution in [2.45, 2.75) is 19.9 Å². The van der Waals surface area contributed by atoms with Crippen molar-refractivity contribution in [2.75, 3.05) is 6.54 Å². The van der Waals surface area contributed by atoms with Crippen LogP contribution in [0.25, 0.3) is 5.78 Å². The first-order valence-electron chi connectivity index (χ1n) is 4.89. The topological polar surface area (TPSA) is 42.2 Å². The SMILES string of the molecule is CCCNCc1cnc2ncccn12. The lowest BCUT2D eigenvalue weighted by Gasteiger charge is -2.01. The molecule has 2 aromatic rings. The van der Waals surface area contributed by atoms with Crippen LogP contribution in [0.15, 0.2) is 24.7 Å². The second-order valence-corrected chi connectivity index (χ2v) is 3.22. The van der Waals surface area contributed by atoms with Crippen LogP contribution < -0.4 is 5.32 Å². The normalized spacial score (nSPS) is 10.9. The maximum absolute atomic E-state index is 4.21. The number of imidazole rings is 1. The first kappa shape index (κ1) is 9.15. The number of rotatable bonds is 4. The van der Waals surface area contributed by atoms with Gasteiger partial charge in [-0.1, -0.05) is 6.92 Å². The van der Waals surface area contributed by atoms with E-state index in [0.29, 0.717) is 0 Å². The molecule has 0 aromatic carbocycles. The van der Waals surface area contributed by atoms with E-state index in [1.54, 1.807) is 6.20 Å². The third kappa shape index (κ3) is 1.75. The Morgan fingerprint density at radius 3 is 3.21 bits per heavy atom. The second kappa shape index (κ2) is 4.19. The molecule has 0 unspecified atom stereocenters. The Morgan fingerprint density at radius 1 is 1.43 bits per heavy atom. The van der Waals surface area contributed by atoms with Gasteiger partial charge < -0.3 is 5.32 Å². The highest BCUT2D eigenvalue weighted by Gasteiger charge is 2.01. The van der Waals surface area contributed by atoms with Crippen LogP contribution in [0.1, 0.15) is 19.0 Å². The number of nitrogens with zero attached hydrogens (tertiary/aromatic N) is 3. The fourth-order valence-corrected chi connectivity index (χ4v) is 1.40. The van der Waals surface area contributed by atoms with Gasteiger partial charge in [-0.2, -0.15) is 0 Å². The average Bonchev–Trinajstić information content (AvgIpc) is 2.63. The minimum Gasteiger partial charge on any atom is -0.311 e. The maximum atomic E-state index is 4.21. The molecule has 2 rings (SSSR count). The summed E-state index contributed by atoms with van der Waals surface area (Å²) in [6.45, 7) is 4.04. The zero-order chi connectivity index (χ0) is 9.80. The molecule has 0 aliphatic heterocycles. The van der Waals surface area contributed by atoms with E-state index < -0.39 is 0 Å². The molecular weight excluding hydrogens is 176 g/mol. The van der Waals surface area contributed by atoms with Gasteiger partial charge in [-0.05, 0) is 19.0 Å². The van der Waals surface area contributed by atoms with Gasteiger partial charge in [0, 0.05) is 18.9 Å². The zero-order valence-corrected chi connectivity index (χ0v) is 8.27. The smallest absolute Gasteiger partial charge is 0.233 e. The zero-order valence-electron chi connectivity index (χ0n) is 8.27. The fraction of sp³-hybridized carbons (Fsp3) is 0.400. The van der Waals surface area contributed by atoms with E-state index in [0.717, 1.165) is 31.0 Å². The molecule has 1 N–H and O–H groups in total. The molecule has 0 saturated heterocycles. The van der Waals surface area contributed by atoms with Crippen LogP contribution in [-0.2, 0) is 6.54 Å². The van der Waals surface area contributed by atoms with Gasteiger partial charge in [-0.15, -0.1) is 0 Å². The average molecular weight is 190 g/mol. The number of hydrogen-bond acceptors (Lipinski definition) is 3. The molecule has 0 fully saturated rings. The summed E-state index contributed by atoms with van der Waals surface area (Å²) in [6.07, 6.45) is 6.75. The third-order valence-corrected chi connectivity index (χ3v) is 2.10. The van der Waals surface area contributed by atoms with Crippen LogP contribution in [0.4, 0.5) is 0 Å². The van der Waals surface area contributed by atoms with Crippen molar-refractivity contribution in [3.63, 3.8) is 0 Å². The van der Waals surface area contributed by atoms with Crippen molar-refractivity contribution in [3.05, 3.63) is 30.4 Å². The minimum absolute atomic E-state index is 0.765. The summed E-state index contributed by atoms with van der Waals surface area (Å²) >= 11 is 0. The van der Waals surface area contributed by atoms with Gasteiger partial charge in [0.25, 0.3) is 0 Å². The standard InChI is InChI=1S/C10H14N4/c1-2-4-11-7-9-8-13-10-12-5-3-6-14(9)10/h3,5-6,8,11H,2,4,7H2,1H3. The maximum Gasteiger partial charge on any atom is 0.233 e. The molecular formula is C10H14N4. The summed E-state index contributed by atoms with van der Waals surface area (Å²) < 4.78 is 2.00. The van der Waals surface area contributed by atoms with Crippen LogP contribution >= 0.6 is 0 Å². The third-order valence-electron chi connectivity index (χ3n) is 2.10. The van der Waals surface area contributed by atoms with Crippen molar-refractivity contribution >= 4 is 5.78 Å². The highest BCUT2D eigenvalue weighted by Crippen LogP contribution is 2.02. The van der Waals surface area contributed by atoms with E-state index >= 15 is 0 Å². The van der Waals surface area contributed by atoms with Gasteiger partial charge in [0.2, 0.25) is 5.78 Å². The van der Waals surface area contributed by atoms with E-state index in [1.165, 1.54) is 0 Å². The summed E-state index contributed by atoms with van der Waals surface area (Å²) in [5.41, 5.74) is 1.15. The summed E-state index contributed by atoms with van der Waals surface area (Å²) in [7, 11) is 0. The number of fused-ring (bicyclic) bond motifs is 1. The molecule has 0 spiro atoms. The van der Waals surface area contributed by atoms with Gasteiger partial charge >= 0.3 is 0 Å². The summed E-state index contributed by atoms with van der Waals surface area (Å²) in [4.78, 5) is 8.36. The molecule has 2 heterocycles. The molecule has 2 aromatic heterocycles. The summed E-state index contributed by atoms with van der Waals surface area (Å²) in [6, 6.07) is 1.91. The van der Waals surface area contributed by atoms with E-state index in [1.807, 2.05) is 22.9 Å². The molecule has 0 saturated carbocycles. The second-order valence-electron chi connectivity index (χ2n) is 3.22. The lowest BCUT2D eigenvalue weighted by molar-refractivity contribution is 0.660. The van der Waals surface area contributed by atoms with Crippen molar-refractivity contribution in [3.8, 4) is 0 Å². The Morgan fingerprint density at radius 2 is 2.36 bits per heavy atom. The predicted octanol–water partition coefficient (Wildman–Crippen LogP) is 1.23. The van der Waals surface area contributed by atoms with Crippen molar-refractivity contribution < 1.29 is 0 Å². The van der Waals surface area contributed by atoms with E-state index in [-0.39, 0.29) is 0 Å². The first-order valence-corrected chi connectivity index (χ1v) is 4.89. The molecule has 0 radical (unpaired) electrons. The van der Waals surface area contributed by atoms with Gasteiger partial charge in [0.1, 0.15) is 0 Å². The molecule has 74 valence electrons. The Bertz CT molecular complexity index is 407. The van der Waals surface area contributed by atoms with Gasteiger partial charge in [-0.25, -0.2) is 9.97 Å². The highest BCUT2D eigenvalue weighted by molar-refractivity contribution is 5.30. The van der Waals surface area contributed by atoms with Crippen molar-refractivity contribution in [1.29, 1.82) is 0 Å². The van der Waals surface area contributed by atoms with Gasteiger partial charge in [0.05, 0.1) is 11.9 Å². The predicted molar refractivity (Wildman–Crippen MR) is 55.0 cm³/mol. The lowest BCUT2D eigenvalue weighted by Crippen LogP contribution is -2.15. The van der Waals surface area contributed by atoms with Crippen molar-refractivity contribution in [2.24, 2.45) is 0 Å². The molecule has 0 bridgehead atoms. The van der Waals surface area contributed by atoms with Crippen LogP contribution in [0.5, 0.6) is 0 Å². The Hall–Kier alpha value is -1.42. The highest BCUT2D eigenvalue weighted by atomic mass is 15.1. The quantitative estimate of drug-likeness (QED) is 0.737. The van der Waals surface area contributed by atoms with E-state index in [2.05, 4.69) is 22.2 Å². The van der Waals surface area contributed by atoms with Gasteiger partial charge in [-0.3, -0.25) is 4.40 Å². The minimum atomic E-state index is 0.765. The van der Waals surface area contributed by atoms with Crippen LogP contribution in [0, 0.1) is 0 Å². The Balaban J connectivity index is 2.17. The molecule has 0 atom stereocenters. The number of aromatic nitrogens is 3. The van der Waals surface area contributed by atoms with Crippen LogP contribution in [-0.4, -0.2) is 20.9 Å². The molecule has 14 heavy (non-hydrogen) atoms. The molecule has 0 amide bonds.